The van der Waals surface area contributed by atoms with E-state index in [9.17, 15) is 4.79 Å². The summed E-state index contributed by atoms with van der Waals surface area (Å²) in [5, 5.41) is 9.46. The Bertz CT molecular complexity index is 1630. The summed E-state index contributed by atoms with van der Waals surface area (Å²) in [5.74, 6) is 1.08. The molecule has 2 amide bonds. The second-order valence-corrected chi connectivity index (χ2v) is 12.0. The zero-order valence-electron chi connectivity index (χ0n) is 22.9. The highest BCUT2D eigenvalue weighted by Crippen LogP contribution is 2.29. The van der Waals surface area contributed by atoms with E-state index >= 15 is 0 Å². The monoisotopic (exact) mass is 559 g/mol. The molecule has 6 rings (SSSR count). The molecule has 5 aromatic rings. The van der Waals surface area contributed by atoms with Gasteiger partial charge in [0.25, 0.3) is 0 Å². The molecule has 0 atom stereocenters. The Morgan fingerprint density at radius 3 is 2.60 bits per heavy atom. The summed E-state index contributed by atoms with van der Waals surface area (Å²) in [6.07, 6.45) is 4.10. The molecule has 0 radical (unpaired) electrons. The topological polar surface area (TPSA) is 110 Å². The maximum absolute atomic E-state index is 12.4. The van der Waals surface area contributed by atoms with Gasteiger partial charge in [0.05, 0.1) is 24.4 Å². The smallest absolute Gasteiger partial charge is 0.324 e. The van der Waals surface area contributed by atoms with Gasteiger partial charge >= 0.3 is 6.03 Å². The van der Waals surface area contributed by atoms with Gasteiger partial charge in [-0.2, -0.15) is 0 Å². The van der Waals surface area contributed by atoms with E-state index in [0.717, 1.165) is 77.9 Å². The molecule has 0 bridgehead atoms. The maximum atomic E-state index is 12.4. The van der Waals surface area contributed by atoms with Crippen LogP contribution in [0.3, 0.4) is 0 Å². The van der Waals surface area contributed by atoms with Crippen LogP contribution in [0.25, 0.3) is 26.6 Å². The lowest BCUT2D eigenvalue weighted by molar-refractivity contribution is 0.0374. The number of carbonyl (C=O) groups excluding carboxylic acids is 1. The number of aryl methyl sites for hydroxylation is 1. The molecule has 0 aliphatic carbocycles. The Morgan fingerprint density at radius 2 is 1.85 bits per heavy atom. The van der Waals surface area contributed by atoms with Gasteiger partial charge in [-0.3, -0.25) is 14.6 Å². The number of fused-ring (bicyclic) bond motifs is 3. The van der Waals surface area contributed by atoms with E-state index in [2.05, 4.69) is 37.2 Å². The van der Waals surface area contributed by atoms with Gasteiger partial charge < -0.3 is 14.6 Å². The standard InChI is InChI=1S/C29H33N7O3S/c1-29(2,3)24-17-25(34-39-24)33-27(37)31-21-8-6-19(7-9-21)22-18-36-23-11-10-20(30-26(23)40-28(36)32-22)5-4-12-35-13-15-38-16-14-35/h6-11,17-18H,4-5,12-16H2,1-3H3,(H2,31,33,34,37). The lowest BCUT2D eigenvalue weighted by atomic mass is 9.93. The summed E-state index contributed by atoms with van der Waals surface area (Å²) < 4.78 is 12.9. The zero-order valence-corrected chi connectivity index (χ0v) is 23.8. The number of nitrogens with zero attached hydrogens (tertiary/aromatic N) is 5. The highest BCUT2D eigenvalue weighted by atomic mass is 32.1. The molecular formula is C29H33N7O3S. The van der Waals surface area contributed by atoms with Gasteiger partial charge in [0.15, 0.2) is 10.8 Å². The van der Waals surface area contributed by atoms with Crippen molar-refractivity contribution < 1.29 is 14.1 Å². The summed E-state index contributed by atoms with van der Waals surface area (Å²) in [7, 11) is 0. The molecule has 0 saturated carbocycles. The SMILES string of the molecule is CC(C)(C)c1cc(NC(=O)Nc2ccc(-c3cn4c(n3)sc3nc(CCCN5CCOCC5)ccc34)cc2)no1. The van der Waals surface area contributed by atoms with Crippen molar-refractivity contribution in [2.24, 2.45) is 0 Å². The molecule has 4 aromatic heterocycles. The van der Waals surface area contributed by atoms with Crippen molar-refractivity contribution in [2.45, 2.75) is 39.0 Å². The van der Waals surface area contributed by atoms with E-state index in [-0.39, 0.29) is 11.4 Å². The maximum Gasteiger partial charge on any atom is 0.324 e. The lowest BCUT2D eigenvalue weighted by Crippen LogP contribution is -2.36. The Labute approximate surface area is 236 Å². The fourth-order valence-corrected chi connectivity index (χ4v) is 5.70. The average molecular weight is 560 g/mol. The number of benzene rings is 1. The largest absolute Gasteiger partial charge is 0.379 e. The number of imidazole rings is 1. The van der Waals surface area contributed by atoms with Crippen molar-refractivity contribution in [1.82, 2.24) is 24.4 Å². The molecule has 1 aliphatic heterocycles. The summed E-state index contributed by atoms with van der Waals surface area (Å²) in [5.41, 5.74) is 4.50. The number of rotatable bonds is 7. The molecule has 0 spiro atoms. The van der Waals surface area contributed by atoms with E-state index in [4.69, 9.17) is 19.2 Å². The fraction of sp³-hybridized carbons (Fsp3) is 0.379. The van der Waals surface area contributed by atoms with Crippen molar-refractivity contribution in [3.8, 4) is 11.3 Å². The molecular weight excluding hydrogens is 526 g/mol. The second kappa shape index (κ2) is 11.0. The number of hydrogen-bond acceptors (Lipinski definition) is 8. The molecule has 1 aromatic carbocycles. The van der Waals surface area contributed by atoms with Crippen molar-refractivity contribution in [1.29, 1.82) is 0 Å². The average Bonchev–Trinajstić information content (AvgIpc) is 3.64. The van der Waals surface area contributed by atoms with E-state index < -0.39 is 0 Å². The van der Waals surface area contributed by atoms with Gasteiger partial charge in [0.2, 0.25) is 0 Å². The minimum absolute atomic E-state index is 0.185. The molecule has 0 unspecified atom stereocenters. The molecule has 10 nitrogen and oxygen atoms in total. The number of ether oxygens (including phenoxy) is 1. The van der Waals surface area contributed by atoms with Crippen LogP contribution in [-0.4, -0.2) is 63.3 Å². The van der Waals surface area contributed by atoms with Crippen molar-refractivity contribution in [3.63, 3.8) is 0 Å². The fourth-order valence-electron chi connectivity index (χ4n) is 4.70. The number of aromatic nitrogens is 4. The quantitative estimate of drug-likeness (QED) is 0.259. The zero-order chi connectivity index (χ0) is 27.7. The minimum atomic E-state index is -0.386. The van der Waals surface area contributed by atoms with Crippen LogP contribution in [0.4, 0.5) is 16.3 Å². The molecule has 1 fully saturated rings. The second-order valence-electron chi connectivity index (χ2n) is 11.0. The van der Waals surface area contributed by atoms with Gasteiger partial charge in [-0.05, 0) is 43.7 Å². The Morgan fingerprint density at radius 1 is 1.05 bits per heavy atom. The third kappa shape index (κ3) is 5.86. The van der Waals surface area contributed by atoms with Crippen molar-refractivity contribution >= 4 is 44.2 Å². The third-order valence-corrected chi connectivity index (χ3v) is 7.92. The summed E-state index contributed by atoms with van der Waals surface area (Å²) in [6.45, 7) is 10.9. The van der Waals surface area contributed by atoms with Gasteiger partial charge in [-0.15, -0.1) is 0 Å². The number of carbonyl (C=O) groups is 1. The Hall–Kier alpha value is -3.80. The summed E-state index contributed by atoms with van der Waals surface area (Å²) >= 11 is 1.60. The number of urea groups is 1. The number of nitrogens with one attached hydrogen (secondary N) is 2. The number of morpholine rings is 1. The van der Waals surface area contributed by atoms with Crippen LogP contribution in [0.2, 0.25) is 0 Å². The van der Waals surface area contributed by atoms with E-state index in [1.165, 1.54) is 0 Å². The van der Waals surface area contributed by atoms with Crippen molar-refractivity contribution in [3.05, 3.63) is 60.1 Å². The van der Waals surface area contributed by atoms with Gasteiger partial charge in [0, 0.05) is 47.7 Å². The lowest BCUT2D eigenvalue weighted by Gasteiger charge is -2.26. The molecule has 1 aliphatic rings. The predicted molar refractivity (Wildman–Crippen MR) is 157 cm³/mol. The van der Waals surface area contributed by atoms with Crippen LogP contribution in [0.15, 0.2) is 53.2 Å². The van der Waals surface area contributed by atoms with Crippen LogP contribution < -0.4 is 10.6 Å². The number of anilines is 2. The molecule has 2 N–H and O–H groups in total. The van der Waals surface area contributed by atoms with Crippen LogP contribution in [0.5, 0.6) is 0 Å². The van der Waals surface area contributed by atoms with Crippen LogP contribution in [0.1, 0.15) is 38.6 Å². The van der Waals surface area contributed by atoms with Crippen LogP contribution >= 0.6 is 11.3 Å². The molecule has 11 heteroatoms. The van der Waals surface area contributed by atoms with E-state index in [1.54, 1.807) is 17.4 Å². The summed E-state index contributed by atoms with van der Waals surface area (Å²) in [6, 6.07) is 13.2. The first-order chi connectivity index (χ1) is 19.3. The molecule has 1 saturated heterocycles. The van der Waals surface area contributed by atoms with Crippen LogP contribution in [-0.2, 0) is 16.6 Å². The highest BCUT2D eigenvalue weighted by molar-refractivity contribution is 7.23. The predicted octanol–water partition coefficient (Wildman–Crippen LogP) is 5.81. The van der Waals surface area contributed by atoms with E-state index in [0.29, 0.717) is 17.3 Å². The first-order valence-corrected chi connectivity index (χ1v) is 14.4. The highest BCUT2D eigenvalue weighted by Gasteiger charge is 2.20. The Balaban J connectivity index is 1.08. The number of thiazole rings is 1. The minimum Gasteiger partial charge on any atom is -0.379 e. The Kier molecular flexibility index (Phi) is 7.26. The molecule has 40 heavy (non-hydrogen) atoms. The number of hydrogen-bond donors (Lipinski definition) is 2. The number of amides is 2. The summed E-state index contributed by atoms with van der Waals surface area (Å²) in [4.78, 5) is 26.6. The van der Waals surface area contributed by atoms with Gasteiger partial charge in [0.1, 0.15) is 10.6 Å². The van der Waals surface area contributed by atoms with E-state index in [1.807, 2.05) is 51.2 Å². The van der Waals surface area contributed by atoms with Crippen molar-refractivity contribution in [2.75, 3.05) is 43.5 Å². The first kappa shape index (κ1) is 26.4. The third-order valence-electron chi connectivity index (χ3n) is 6.96. The molecule has 208 valence electrons. The number of pyridine rings is 1. The normalized spacial score (nSPS) is 14.7. The first-order valence-electron chi connectivity index (χ1n) is 13.6. The van der Waals surface area contributed by atoms with Gasteiger partial charge in [-0.1, -0.05) is 49.4 Å². The van der Waals surface area contributed by atoms with Gasteiger partial charge in [-0.25, -0.2) is 14.8 Å². The molecule has 5 heterocycles. The van der Waals surface area contributed by atoms with Crippen LogP contribution in [0, 0.1) is 0 Å².